The average Bonchev–Trinajstić information content (AvgIpc) is 2.36. The quantitative estimate of drug-likeness (QED) is 0.745. The van der Waals surface area contributed by atoms with Crippen LogP contribution in [0.3, 0.4) is 0 Å². The van der Waals surface area contributed by atoms with Crippen molar-refractivity contribution >= 4 is 21.6 Å². The van der Waals surface area contributed by atoms with Gasteiger partial charge in [-0.25, -0.2) is 13.1 Å². The maximum absolute atomic E-state index is 12.0. The smallest absolute Gasteiger partial charge is 0.244 e. The second-order valence-electron chi connectivity index (χ2n) is 4.67. The Bertz CT molecular complexity index is 594. The topological polar surface area (TPSA) is 101 Å². The Morgan fingerprint density at radius 1 is 1.32 bits per heavy atom. The molecule has 1 aromatic rings. The fourth-order valence-corrected chi connectivity index (χ4v) is 2.83. The first-order chi connectivity index (χ1) is 8.89. The van der Waals surface area contributed by atoms with Crippen LogP contribution in [-0.2, 0) is 14.8 Å². The van der Waals surface area contributed by atoms with Crippen molar-refractivity contribution < 1.29 is 13.2 Å². The van der Waals surface area contributed by atoms with Crippen molar-refractivity contribution in [2.75, 3.05) is 12.4 Å². The highest BCUT2D eigenvalue weighted by atomic mass is 32.2. The lowest BCUT2D eigenvalue weighted by molar-refractivity contribution is -0.123. The Hall–Kier alpha value is -1.44. The summed E-state index contributed by atoms with van der Waals surface area (Å²) in [6.07, 6.45) is 2.17. The number of hydrogen-bond acceptors (Lipinski definition) is 4. The zero-order chi connectivity index (χ0) is 14.1. The summed E-state index contributed by atoms with van der Waals surface area (Å²) < 4.78 is 25.9. The molecule has 1 amide bonds. The Balaban J connectivity index is 2.29. The van der Waals surface area contributed by atoms with Crippen LogP contribution >= 0.6 is 0 Å². The Kier molecular flexibility index (Phi) is 3.62. The Morgan fingerprint density at radius 2 is 1.95 bits per heavy atom. The molecule has 0 unspecified atom stereocenters. The van der Waals surface area contributed by atoms with Gasteiger partial charge >= 0.3 is 0 Å². The molecule has 104 valence electrons. The molecule has 19 heavy (non-hydrogen) atoms. The van der Waals surface area contributed by atoms with Gasteiger partial charge in [0.15, 0.2) is 0 Å². The van der Waals surface area contributed by atoms with Crippen LogP contribution in [-0.4, -0.2) is 26.9 Å². The summed E-state index contributed by atoms with van der Waals surface area (Å²) in [5, 5.41) is 2.61. The SMILES string of the molecule is CNS(=O)(=O)c1ccccc1NC(=O)C1(N)CCC1. The number of nitrogens with one attached hydrogen (secondary N) is 2. The Labute approximate surface area is 112 Å². The van der Waals surface area contributed by atoms with Crippen molar-refractivity contribution in [2.24, 2.45) is 5.73 Å². The summed E-state index contributed by atoms with van der Waals surface area (Å²) in [6.45, 7) is 0. The van der Waals surface area contributed by atoms with Crippen LogP contribution in [0.4, 0.5) is 5.69 Å². The van der Waals surface area contributed by atoms with Crippen LogP contribution in [0.25, 0.3) is 0 Å². The van der Waals surface area contributed by atoms with Crippen molar-refractivity contribution in [3.63, 3.8) is 0 Å². The van der Waals surface area contributed by atoms with Gasteiger partial charge in [0.05, 0.1) is 11.2 Å². The van der Waals surface area contributed by atoms with Crippen molar-refractivity contribution in [1.29, 1.82) is 0 Å². The van der Waals surface area contributed by atoms with Crippen LogP contribution < -0.4 is 15.8 Å². The van der Waals surface area contributed by atoms with Gasteiger partial charge in [-0.05, 0) is 38.4 Å². The fourth-order valence-electron chi connectivity index (χ4n) is 1.95. The molecule has 1 saturated carbocycles. The third-order valence-electron chi connectivity index (χ3n) is 3.39. The Morgan fingerprint density at radius 3 is 2.47 bits per heavy atom. The van der Waals surface area contributed by atoms with E-state index in [0.717, 1.165) is 6.42 Å². The molecular formula is C12H17N3O3S. The highest BCUT2D eigenvalue weighted by Crippen LogP contribution is 2.31. The fraction of sp³-hybridized carbons (Fsp3) is 0.417. The van der Waals surface area contributed by atoms with Gasteiger partial charge in [0.25, 0.3) is 0 Å². The van der Waals surface area contributed by atoms with Gasteiger partial charge in [0.2, 0.25) is 15.9 Å². The normalized spacial score (nSPS) is 17.6. The molecule has 0 spiro atoms. The summed E-state index contributed by atoms with van der Waals surface area (Å²) in [5.74, 6) is -0.336. The highest BCUT2D eigenvalue weighted by Gasteiger charge is 2.40. The van der Waals surface area contributed by atoms with Gasteiger partial charge in [0.1, 0.15) is 4.90 Å². The number of rotatable bonds is 4. The minimum absolute atomic E-state index is 0.0359. The maximum atomic E-state index is 12.0. The van der Waals surface area contributed by atoms with Crippen LogP contribution in [0.15, 0.2) is 29.2 Å². The first kappa shape index (κ1) is 14.0. The van der Waals surface area contributed by atoms with E-state index in [1.54, 1.807) is 18.2 Å². The van der Waals surface area contributed by atoms with Gasteiger partial charge in [0, 0.05) is 0 Å². The number of amides is 1. The zero-order valence-corrected chi connectivity index (χ0v) is 11.5. The number of anilines is 1. The molecule has 1 aliphatic carbocycles. The molecule has 0 aliphatic heterocycles. The number of carbonyl (C=O) groups is 1. The average molecular weight is 283 g/mol. The number of benzene rings is 1. The highest BCUT2D eigenvalue weighted by molar-refractivity contribution is 7.89. The van der Waals surface area contributed by atoms with E-state index in [4.69, 9.17) is 5.73 Å². The van der Waals surface area contributed by atoms with Crippen LogP contribution in [0.5, 0.6) is 0 Å². The number of para-hydroxylation sites is 1. The van der Waals surface area contributed by atoms with E-state index in [0.29, 0.717) is 12.8 Å². The predicted molar refractivity (Wildman–Crippen MR) is 72.1 cm³/mol. The van der Waals surface area contributed by atoms with Gasteiger partial charge in [-0.15, -0.1) is 0 Å². The lowest BCUT2D eigenvalue weighted by atomic mass is 9.77. The molecule has 0 bridgehead atoms. The number of sulfonamides is 1. The summed E-state index contributed by atoms with van der Waals surface area (Å²) in [6, 6.07) is 6.24. The van der Waals surface area contributed by atoms with E-state index in [1.165, 1.54) is 13.1 Å². The second-order valence-corrected chi connectivity index (χ2v) is 6.52. The molecule has 6 nitrogen and oxygen atoms in total. The molecule has 2 rings (SSSR count). The summed E-state index contributed by atoms with van der Waals surface area (Å²) >= 11 is 0. The van der Waals surface area contributed by atoms with Crippen molar-refractivity contribution in [1.82, 2.24) is 4.72 Å². The van der Waals surface area contributed by atoms with Crippen LogP contribution in [0.2, 0.25) is 0 Å². The van der Waals surface area contributed by atoms with E-state index in [2.05, 4.69) is 10.0 Å². The third-order valence-corrected chi connectivity index (χ3v) is 4.86. The lowest BCUT2D eigenvalue weighted by Crippen LogP contribution is -2.56. The van der Waals surface area contributed by atoms with Gasteiger partial charge < -0.3 is 11.1 Å². The molecule has 0 saturated heterocycles. The summed E-state index contributed by atoms with van der Waals surface area (Å²) in [5.41, 5.74) is 5.29. The van der Waals surface area contributed by atoms with E-state index >= 15 is 0 Å². The van der Waals surface area contributed by atoms with Crippen molar-refractivity contribution in [2.45, 2.75) is 29.7 Å². The monoisotopic (exact) mass is 283 g/mol. The summed E-state index contributed by atoms with van der Waals surface area (Å²) in [4.78, 5) is 12.1. The maximum Gasteiger partial charge on any atom is 0.244 e. The molecule has 7 heteroatoms. The molecule has 0 radical (unpaired) electrons. The van der Waals surface area contributed by atoms with E-state index in [-0.39, 0.29) is 16.5 Å². The lowest BCUT2D eigenvalue weighted by Gasteiger charge is -2.36. The molecule has 4 N–H and O–H groups in total. The van der Waals surface area contributed by atoms with Crippen molar-refractivity contribution in [3.8, 4) is 0 Å². The molecule has 0 atom stereocenters. The minimum atomic E-state index is -3.61. The van der Waals surface area contributed by atoms with Crippen LogP contribution in [0, 0.1) is 0 Å². The molecule has 1 fully saturated rings. The van der Waals surface area contributed by atoms with Crippen molar-refractivity contribution in [3.05, 3.63) is 24.3 Å². The van der Waals surface area contributed by atoms with E-state index in [1.807, 2.05) is 0 Å². The minimum Gasteiger partial charge on any atom is -0.323 e. The number of nitrogens with two attached hydrogens (primary N) is 1. The molecule has 1 aliphatic rings. The first-order valence-electron chi connectivity index (χ1n) is 6.02. The molecule has 1 aromatic carbocycles. The van der Waals surface area contributed by atoms with E-state index in [9.17, 15) is 13.2 Å². The standard InChI is InChI=1S/C12H17N3O3S/c1-14-19(17,18)10-6-3-2-5-9(10)15-11(16)12(13)7-4-8-12/h2-3,5-6,14H,4,7-8,13H2,1H3,(H,15,16). The predicted octanol–water partition coefficient (Wildman–Crippen LogP) is 0.415. The van der Waals surface area contributed by atoms with Gasteiger partial charge in [-0.1, -0.05) is 12.1 Å². The molecule has 0 heterocycles. The second kappa shape index (κ2) is 4.92. The van der Waals surface area contributed by atoms with E-state index < -0.39 is 15.6 Å². The molecular weight excluding hydrogens is 266 g/mol. The van der Waals surface area contributed by atoms with Gasteiger partial charge in [-0.3, -0.25) is 4.79 Å². The van der Waals surface area contributed by atoms with Crippen LogP contribution in [0.1, 0.15) is 19.3 Å². The zero-order valence-electron chi connectivity index (χ0n) is 10.6. The number of carbonyl (C=O) groups excluding carboxylic acids is 1. The summed E-state index contributed by atoms with van der Waals surface area (Å²) in [7, 11) is -2.29. The number of hydrogen-bond donors (Lipinski definition) is 3. The largest absolute Gasteiger partial charge is 0.323 e. The molecule has 0 aromatic heterocycles. The first-order valence-corrected chi connectivity index (χ1v) is 7.50. The van der Waals surface area contributed by atoms with Gasteiger partial charge in [-0.2, -0.15) is 0 Å². The third kappa shape index (κ3) is 2.63.